The van der Waals surface area contributed by atoms with Crippen LogP contribution in [0, 0.1) is 0 Å². The molecule has 1 aromatic heterocycles. The third-order valence-corrected chi connectivity index (χ3v) is 15.1. The Kier molecular flexibility index (Phi) is 9.33. The monoisotopic (exact) mass is 869 g/mol. The molecule has 12 aromatic rings. The first-order chi connectivity index (χ1) is 33.2. The number of nitrogens with zero attached hydrogens (tertiary/aromatic N) is 1. The molecule has 0 saturated heterocycles. The molecule has 314 valence electrons. The van der Waals surface area contributed by atoms with Crippen LogP contribution in [-0.2, 0) is 5.41 Å². The minimum absolute atomic E-state index is 0.524. The Morgan fingerprint density at radius 3 is 1.60 bits per heavy atom. The normalized spacial score (nSPS) is 12.6. The molecule has 13 rings (SSSR count). The molecule has 0 N–H and O–H groups in total. The average Bonchev–Trinajstić information content (AvgIpc) is 3.93. The number of rotatable bonds is 8. The van der Waals surface area contributed by atoms with E-state index in [-0.39, 0.29) is 0 Å². The summed E-state index contributed by atoms with van der Waals surface area (Å²) in [5, 5.41) is 5.11. The smallest absolute Gasteiger partial charge is 0.0714 e. The molecule has 0 bridgehead atoms. The van der Waals surface area contributed by atoms with Crippen molar-refractivity contribution in [3.05, 3.63) is 283 Å². The van der Waals surface area contributed by atoms with E-state index in [9.17, 15) is 0 Å². The topological polar surface area (TPSA) is 3.24 Å². The SMILES string of the molecule is c1ccc(C2(c3ccccc3)c3ccccc3-c3ccc(N(c4ccc(-c5ccc(-c6ccc7ccccc7c6)cc5)cc4)c4ccccc4-c4ccc5sc6ccccc6c5c4)cc32)cc1. The van der Waals surface area contributed by atoms with E-state index >= 15 is 0 Å². The van der Waals surface area contributed by atoms with Gasteiger partial charge in [-0.15, -0.1) is 11.3 Å². The Balaban J connectivity index is 0.980. The van der Waals surface area contributed by atoms with Gasteiger partial charge in [0.05, 0.1) is 11.1 Å². The van der Waals surface area contributed by atoms with E-state index in [4.69, 9.17) is 0 Å². The van der Waals surface area contributed by atoms with Crippen molar-refractivity contribution in [3.63, 3.8) is 0 Å². The highest BCUT2D eigenvalue weighted by Crippen LogP contribution is 2.57. The van der Waals surface area contributed by atoms with Gasteiger partial charge in [0.1, 0.15) is 0 Å². The van der Waals surface area contributed by atoms with Crippen LogP contribution in [0.5, 0.6) is 0 Å². The van der Waals surface area contributed by atoms with Gasteiger partial charge in [-0.2, -0.15) is 0 Å². The highest BCUT2D eigenvalue weighted by Gasteiger charge is 2.46. The van der Waals surface area contributed by atoms with Gasteiger partial charge in [0.25, 0.3) is 0 Å². The summed E-state index contributed by atoms with van der Waals surface area (Å²) in [6.07, 6.45) is 0. The molecule has 67 heavy (non-hydrogen) atoms. The number of hydrogen-bond acceptors (Lipinski definition) is 2. The van der Waals surface area contributed by atoms with E-state index in [0.717, 1.165) is 17.1 Å². The van der Waals surface area contributed by atoms with Gasteiger partial charge in [0.2, 0.25) is 0 Å². The lowest BCUT2D eigenvalue weighted by molar-refractivity contribution is 0.768. The van der Waals surface area contributed by atoms with E-state index in [2.05, 4.69) is 266 Å². The molecule has 0 saturated carbocycles. The van der Waals surface area contributed by atoms with Crippen molar-refractivity contribution >= 4 is 59.3 Å². The van der Waals surface area contributed by atoms with Crippen molar-refractivity contribution in [1.82, 2.24) is 0 Å². The Labute approximate surface area is 395 Å². The second-order valence-electron chi connectivity index (χ2n) is 17.6. The van der Waals surface area contributed by atoms with Gasteiger partial charge in [-0.3, -0.25) is 0 Å². The van der Waals surface area contributed by atoms with E-state index in [1.54, 1.807) is 0 Å². The number of thiophene rings is 1. The minimum atomic E-state index is -0.524. The molecular formula is C65H43NS. The van der Waals surface area contributed by atoms with Crippen LogP contribution in [0.25, 0.3) is 75.5 Å². The van der Waals surface area contributed by atoms with Gasteiger partial charge in [-0.05, 0) is 127 Å². The molecule has 0 unspecified atom stereocenters. The maximum Gasteiger partial charge on any atom is 0.0714 e. The maximum atomic E-state index is 2.47. The van der Waals surface area contributed by atoms with Crippen LogP contribution in [0.15, 0.2) is 261 Å². The summed E-state index contributed by atoms with van der Waals surface area (Å²) in [4.78, 5) is 2.47. The Hall–Kier alpha value is -8.30. The van der Waals surface area contributed by atoms with Crippen LogP contribution < -0.4 is 4.90 Å². The standard InChI is InChI=1S/C65H43NS/c1-3-17-51(18-4-1)65(52-19-5-2-6-20-52)60-24-12-9-22-56(60)57-39-38-54(43-61(57)65)66(62-25-13-10-21-55(62)50-35-40-64-59(42-50)58-23-11-14-26-63(58)67-64)53-36-33-46(34-37-53)45-27-29-47(30-28-45)49-32-31-44-15-7-8-16-48(44)41-49/h1-43H. The lowest BCUT2D eigenvalue weighted by Crippen LogP contribution is -2.28. The quantitative estimate of drug-likeness (QED) is 0.147. The fourth-order valence-electron chi connectivity index (χ4n) is 10.8. The molecule has 0 radical (unpaired) electrons. The number of para-hydroxylation sites is 1. The van der Waals surface area contributed by atoms with Crippen molar-refractivity contribution in [1.29, 1.82) is 0 Å². The van der Waals surface area contributed by atoms with Crippen molar-refractivity contribution in [2.75, 3.05) is 4.90 Å². The minimum Gasteiger partial charge on any atom is -0.310 e. The van der Waals surface area contributed by atoms with Gasteiger partial charge in [0, 0.05) is 37.1 Å². The zero-order valence-corrected chi connectivity index (χ0v) is 37.5. The van der Waals surface area contributed by atoms with Crippen LogP contribution in [-0.4, -0.2) is 0 Å². The van der Waals surface area contributed by atoms with Crippen molar-refractivity contribution in [2.45, 2.75) is 5.41 Å². The first-order valence-electron chi connectivity index (χ1n) is 23.1. The number of anilines is 3. The third-order valence-electron chi connectivity index (χ3n) is 14.0. The zero-order chi connectivity index (χ0) is 44.3. The molecule has 0 amide bonds. The highest BCUT2D eigenvalue weighted by molar-refractivity contribution is 7.25. The molecular weight excluding hydrogens is 827 g/mol. The van der Waals surface area contributed by atoms with Crippen molar-refractivity contribution < 1.29 is 0 Å². The summed E-state index contributed by atoms with van der Waals surface area (Å²) in [5.74, 6) is 0. The van der Waals surface area contributed by atoms with Crippen LogP contribution in [0.2, 0.25) is 0 Å². The summed E-state index contributed by atoms with van der Waals surface area (Å²) in [5.41, 5.74) is 17.6. The van der Waals surface area contributed by atoms with Gasteiger partial charge < -0.3 is 4.90 Å². The fraction of sp³-hybridized carbons (Fsp3) is 0.0154. The van der Waals surface area contributed by atoms with Crippen LogP contribution in [0.1, 0.15) is 22.3 Å². The van der Waals surface area contributed by atoms with E-state index in [1.807, 2.05) is 11.3 Å². The third kappa shape index (κ3) is 6.44. The maximum absolute atomic E-state index is 2.47. The zero-order valence-electron chi connectivity index (χ0n) is 36.7. The predicted octanol–water partition coefficient (Wildman–Crippen LogP) is 18.0. The second-order valence-corrected chi connectivity index (χ2v) is 18.7. The summed E-state index contributed by atoms with van der Waals surface area (Å²) in [6.45, 7) is 0. The van der Waals surface area contributed by atoms with Crippen LogP contribution in [0.4, 0.5) is 17.1 Å². The fourth-order valence-corrected chi connectivity index (χ4v) is 11.9. The first kappa shape index (κ1) is 39.1. The molecule has 1 aliphatic rings. The predicted molar refractivity (Wildman–Crippen MR) is 285 cm³/mol. The first-order valence-corrected chi connectivity index (χ1v) is 23.9. The average molecular weight is 870 g/mol. The molecule has 1 aliphatic carbocycles. The van der Waals surface area contributed by atoms with E-state index in [0.29, 0.717) is 0 Å². The van der Waals surface area contributed by atoms with Crippen molar-refractivity contribution in [3.8, 4) is 44.5 Å². The lowest BCUT2D eigenvalue weighted by atomic mass is 9.67. The molecule has 2 heteroatoms. The van der Waals surface area contributed by atoms with Crippen LogP contribution >= 0.6 is 11.3 Å². The summed E-state index contributed by atoms with van der Waals surface area (Å²) in [7, 11) is 0. The Bertz CT molecular complexity index is 3750. The van der Waals surface area contributed by atoms with E-state index < -0.39 is 5.41 Å². The molecule has 1 heterocycles. The largest absolute Gasteiger partial charge is 0.310 e. The van der Waals surface area contributed by atoms with Gasteiger partial charge in [0.15, 0.2) is 0 Å². The van der Waals surface area contributed by atoms with Gasteiger partial charge in [-0.25, -0.2) is 0 Å². The van der Waals surface area contributed by atoms with Crippen molar-refractivity contribution in [2.24, 2.45) is 0 Å². The molecule has 1 nitrogen and oxygen atoms in total. The second kappa shape index (κ2) is 16.0. The molecule has 0 atom stereocenters. The Morgan fingerprint density at radius 2 is 0.836 bits per heavy atom. The molecule has 11 aromatic carbocycles. The number of hydrogen-bond donors (Lipinski definition) is 0. The number of benzene rings is 11. The molecule has 0 spiro atoms. The molecule has 0 fully saturated rings. The summed E-state index contributed by atoms with van der Waals surface area (Å²) < 4.78 is 2.61. The Morgan fingerprint density at radius 1 is 0.299 bits per heavy atom. The number of fused-ring (bicyclic) bond motifs is 7. The lowest BCUT2D eigenvalue weighted by Gasteiger charge is -2.35. The summed E-state index contributed by atoms with van der Waals surface area (Å²) >= 11 is 1.86. The van der Waals surface area contributed by atoms with E-state index in [1.165, 1.54) is 97.7 Å². The summed E-state index contributed by atoms with van der Waals surface area (Å²) in [6, 6.07) is 96.5. The van der Waals surface area contributed by atoms with Gasteiger partial charge >= 0.3 is 0 Å². The van der Waals surface area contributed by atoms with Gasteiger partial charge in [-0.1, -0.05) is 206 Å². The van der Waals surface area contributed by atoms with Crippen LogP contribution in [0.3, 0.4) is 0 Å². The molecule has 0 aliphatic heterocycles. The highest BCUT2D eigenvalue weighted by atomic mass is 32.1.